The summed E-state index contributed by atoms with van der Waals surface area (Å²) in [5.74, 6) is 2.57. The largest absolute Gasteiger partial charge is 0.497 e. The van der Waals surface area contributed by atoms with E-state index in [-0.39, 0.29) is 0 Å². The molecule has 0 spiro atoms. The molecule has 22 heavy (non-hydrogen) atoms. The molecule has 1 aliphatic carbocycles. The number of guanidine groups is 1. The maximum Gasteiger partial charge on any atom is 0.191 e. The number of benzene rings is 1. The predicted octanol–water partition coefficient (Wildman–Crippen LogP) is 2.13. The lowest BCUT2D eigenvalue weighted by molar-refractivity contribution is 0.398. The van der Waals surface area contributed by atoms with E-state index in [1.807, 2.05) is 18.2 Å². The van der Waals surface area contributed by atoms with Crippen LogP contribution < -0.4 is 20.1 Å². The summed E-state index contributed by atoms with van der Waals surface area (Å²) in [7, 11) is 5.15. The first kappa shape index (κ1) is 16.2. The zero-order valence-electron chi connectivity index (χ0n) is 13.6. The molecule has 0 aliphatic heterocycles. The SMILES string of the molecule is CN=C(NCCc1cc(OC)ccc1OC)NC1CC=CC1. The van der Waals surface area contributed by atoms with Crippen molar-refractivity contribution >= 4 is 5.96 Å². The standard InChI is InChI=1S/C17H25N3O2/c1-18-17(20-14-6-4-5-7-14)19-11-10-13-12-15(21-2)8-9-16(13)22-3/h4-5,8-9,12,14H,6-7,10-11H2,1-3H3,(H2,18,19,20). The molecule has 0 fully saturated rings. The molecule has 5 heteroatoms. The van der Waals surface area contributed by atoms with Crippen molar-refractivity contribution in [2.24, 2.45) is 4.99 Å². The Kier molecular flexibility index (Phi) is 6.13. The Hall–Kier alpha value is -2.17. The molecule has 2 rings (SSSR count). The molecule has 1 aromatic rings. The first-order chi connectivity index (χ1) is 10.8. The van der Waals surface area contributed by atoms with Crippen LogP contribution in [0.3, 0.4) is 0 Å². The topological polar surface area (TPSA) is 54.9 Å². The van der Waals surface area contributed by atoms with Crippen LogP contribution in [-0.4, -0.2) is 39.8 Å². The van der Waals surface area contributed by atoms with Gasteiger partial charge in [0.05, 0.1) is 14.2 Å². The van der Waals surface area contributed by atoms with Crippen molar-refractivity contribution in [3.05, 3.63) is 35.9 Å². The van der Waals surface area contributed by atoms with Crippen molar-refractivity contribution in [2.75, 3.05) is 27.8 Å². The van der Waals surface area contributed by atoms with Gasteiger partial charge in [0, 0.05) is 19.6 Å². The Labute approximate surface area is 132 Å². The number of hydrogen-bond donors (Lipinski definition) is 2. The van der Waals surface area contributed by atoms with Crippen molar-refractivity contribution < 1.29 is 9.47 Å². The van der Waals surface area contributed by atoms with E-state index in [2.05, 4.69) is 27.8 Å². The van der Waals surface area contributed by atoms with E-state index in [0.29, 0.717) is 6.04 Å². The average Bonchev–Trinajstić information content (AvgIpc) is 3.06. The molecule has 0 saturated carbocycles. The van der Waals surface area contributed by atoms with Crippen LogP contribution in [0.2, 0.25) is 0 Å². The number of nitrogens with one attached hydrogen (secondary N) is 2. The van der Waals surface area contributed by atoms with Crippen molar-refractivity contribution in [3.63, 3.8) is 0 Å². The Balaban J connectivity index is 1.86. The van der Waals surface area contributed by atoms with Gasteiger partial charge in [-0.25, -0.2) is 0 Å². The zero-order valence-corrected chi connectivity index (χ0v) is 13.6. The molecule has 0 saturated heterocycles. The second-order valence-corrected chi connectivity index (χ2v) is 5.21. The van der Waals surface area contributed by atoms with Gasteiger partial charge in [0.2, 0.25) is 0 Å². The fourth-order valence-electron chi connectivity index (χ4n) is 2.52. The fourth-order valence-corrected chi connectivity index (χ4v) is 2.52. The Morgan fingerprint density at radius 3 is 2.64 bits per heavy atom. The van der Waals surface area contributed by atoms with Gasteiger partial charge in [0.25, 0.3) is 0 Å². The Morgan fingerprint density at radius 1 is 1.23 bits per heavy atom. The summed E-state index contributed by atoms with van der Waals surface area (Å²) in [5.41, 5.74) is 1.12. The van der Waals surface area contributed by atoms with E-state index in [0.717, 1.165) is 48.8 Å². The van der Waals surface area contributed by atoms with E-state index in [1.54, 1.807) is 21.3 Å². The minimum absolute atomic E-state index is 0.456. The first-order valence-electron chi connectivity index (χ1n) is 7.60. The molecule has 0 bridgehead atoms. The summed E-state index contributed by atoms with van der Waals surface area (Å²) < 4.78 is 10.7. The lowest BCUT2D eigenvalue weighted by Crippen LogP contribution is -2.43. The Bertz CT molecular complexity index is 533. The molecule has 0 radical (unpaired) electrons. The van der Waals surface area contributed by atoms with E-state index in [9.17, 15) is 0 Å². The van der Waals surface area contributed by atoms with E-state index >= 15 is 0 Å². The molecule has 0 aromatic heterocycles. The number of ether oxygens (including phenoxy) is 2. The number of methoxy groups -OCH3 is 2. The van der Waals surface area contributed by atoms with Crippen molar-refractivity contribution in [3.8, 4) is 11.5 Å². The van der Waals surface area contributed by atoms with Crippen molar-refractivity contribution in [2.45, 2.75) is 25.3 Å². The molecule has 1 aliphatic rings. The molecule has 120 valence electrons. The highest BCUT2D eigenvalue weighted by Crippen LogP contribution is 2.24. The number of nitrogens with zero attached hydrogens (tertiary/aromatic N) is 1. The number of rotatable bonds is 6. The molecular weight excluding hydrogens is 278 g/mol. The Morgan fingerprint density at radius 2 is 2.00 bits per heavy atom. The maximum absolute atomic E-state index is 5.40. The van der Waals surface area contributed by atoms with Crippen LogP contribution >= 0.6 is 0 Å². The predicted molar refractivity (Wildman–Crippen MR) is 89.9 cm³/mol. The number of aliphatic imine (C=N–C) groups is 1. The molecule has 0 heterocycles. The van der Waals surface area contributed by atoms with Gasteiger partial charge < -0.3 is 20.1 Å². The molecule has 2 N–H and O–H groups in total. The highest BCUT2D eigenvalue weighted by Gasteiger charge is 2.11. The van der Waals surface area contributed by atoms with E-state index < -0.39 is 0 Å². The minimum Gasteiger partial charge on any atom is -0.497 e. The van der Waals surface area contributed by atoms with Crippen LogP contribution in [-0.2, 0) is 6.42 Å². The van der Waals surface area contributed by atoms with Gasteiger partial charge in [-0.2, -0.15) is 0 Å². The van der Waals surface area contributed by atoms with Crippen LogP contribution in [0, 0.1) is 0 Å². The lowest BCUT2D eigenvalue weighted by atomic mass is 10.1. The van der Waals surface area contributed by atoms with E-state index in [4.69, 9.17) is 9.47 Å². The summed E-state index contributed by atoms with van der Waals surface area (Å²) in [4.78, 5) is 4.27. The van der Waals surface area contributed by atoms with Crippen molar-refractivity contribution in [1.82, 2.24) is 10.6 Å². The van der Waals surface area contributed by atoms with Crippen LogP contribution in [0.5, 0.6) is 11.5 Å². The van der Waals surface area contributed by atoms with Crippen LogP contribution in [0.1, 0.15) is 18.4 Å². The second-order valence-electron chi connectivity index (χ2n) is 5.21. The average molecular weight is 303 g/mol. The third-order valence-electron chi connectivity index (χ3n) is 3.75. The minimum atomic E-state index is 0.456. The second kappa shape index (κ2) is 8.32. The molecule has 5 nitrogen and oxygen atoms in total. The van der Waals surface area contributed by atoms with Gasteiger partial charge in [0.1, 0.15) is 11.5 Å². The monoisotopic (exact) mass is 303 g/mol. The molecule has 1 aromatic carbocycles. The van der Waals surface area contributed by atoms with Crippen LogP contribution in [0.15, 0.2) is 35.3 Å². The van der Waals surface area contributed by atoms with Gasteiger partial charge in [-0.1, -0.05) is 12.2 Å². The molecular formula is C17H25N3O2. The number of hydrogen-bond acceptors (Lipinski definition) is 3. The summed E-state index contributed by atoms with van der Waals surface area (Å²) in [6, 6.07) is 6.31. The summed E-state index contributed by atoms with van der Waals surface area (Å²) in [6.07, 6.45) is 7.36. The zero-order chi connectivity index (χ0) is 15.8. The summed E-state index contributed by atoms with van der Waals surface area (Å²) in [5, 5.41) is 6.77. The summed E-state index contributed by atoms with van der Waals surface area (Å²) in [6.45, 7) is 0.781. The van der Waals surface area contributed by atoms with Gasteiger partial charge in [-0.05, 0) is 43.0 Å². The lowest BCUT2D eigenvalue weighted by Gasteiger charge is -2.17. The van der Waals surface area contributed by atoms with Gasteiger partial charge in [-0.15, -0.1) is 0 Å². The highest BCUT2D eigenvalue weighted by molar-refractivity contribution is 5.80. The molecule has 0 atom stereocenters. The van der Waals surface area contributed by atoms with Crippen LogP contribution in [0.25, 0.3) is 0 Å². The van der Waals surface area contributed by atoms with E-state index in [1.165, 1.54) is 0 Å². The normalized spacial score (nSPS) is 15.0. The summed E-state index contributed by atoms with van der Waals surface area (Å²) >= 11 is 0. The third kappa shape index (κ3) is 4.41. The molecule has 0 unspecified atom stereocenters. The van der Waals surface area contributed by atoms with Crippen LogP contribution in [0.4, 0.5) is 0 Å². The van der Waals surface area contributed by atoms with Gasteiger partial charge >= 0.3 is 0 Å². The fraction of sp³-hybridized carbons (Fsp3) is 0.471. The third-order valence-corrected chi connectivity index (χ3v) is 3.75. The first-order valence-corrected chi connectivity index (χ1v) is 7.60. The quantitative estimate of drug-likeness (QED) is 0.480. The smallest absolute Gasteiger partial charge is 0.191 e. The van der Waals surface area contributed by atoms with Gasteiger partial charge in [0.15, 0.2) is 5.96 Å². The maximum atomic E-state index is 5.40. The molecule has 0 amide bonds. The highest BCUT2D eigenvalue weighted by atomic mass is 16.5. The van der Waals surface area contributed by atoms with Crippen molar-refractivity contribution in [1.29, 1.82) is 0 Å². The van der Waals surface area contributed by atoms with Gasteiger partial charge in [-0.3, -0.25) is 4.99 Å².